The lowest BCUT2D eigenvalue weighted by Crippen LogP contribution is -2.39. The van der Waals surface area contributed by atoms with E-state index in [4.69, 9.17) is 0 Å². The second-order valence-electron chi connectivity index (χ2n) is 5.96. The van der Waals surface area contributed by atoms with Crippen LogP contribution in [0.15, 0.2) is 16.7 Å². The molecule has 0 amide bonds. The van der Waals surface area contributed by atoms with Crippen molar-refractivity contribution in [3.8, 4) is 0 Å². The summed E-state index contributed by atoms with van der Waals surface area (Å²) in [6.07, 6.45) is 7.35. The van der Waals surface area contributed by atoms with Gasteiger partial charge < -0.3 is 10.2 Å². The van der Waals surface area contributed by atoms with Gasteiger partial charge in [-0.25, -0.2) is 4.98 Å². The molecule has 1 aromatic heterocycles. The van der Waals surface area contributed by atoms with Crippen LogP contribution < -0.4 is 10.2 Å². The standard InChI is InChI=1S/C15H22BrN3/c1-11-7-14(16)15(18-8-11)19(9-12-4-5-12)10-13-3-2-6-17-13/h7-8,12-13,17H,2-6,9-10H2,1H3. The molecule has 1 aromatic rings. The van der Waals surface area contributed by atoms with Gasteiger partial charge in [0.1, 0.15) is 5.82 Å². The molecule has 1 N–H and O–H groups in total. The monoisotopic (exact) mass is 323 g/mol. The molecule has 1 unspecified atom stereocenters. The predicted molar refractivity (Wildman–Crippen MR) is 82.6 cm³/mol. The van der Waals surface area contributed by atoms with E-state index in [2.05, 4.69) is 44.1 Å². The van der Waals surface area contributed by atoms with Gasteiger partial charge in [0.15, 0.2) is 0 Å². The van der Waals surface area contributed by atoms with Crippen LogP contribution >= 0.6 is 15.9 Å². The van der Waals surface area contributed by atoms with Crippen molar-refractivity contribution >= 4 is 21.7 Å². The highest BCUT2D eigenvalue weighted by Crippen LogP contribution is 2.33. The van der Waals surface area contributed by atoms with Gasteiger partial charge in [0, 0.05) is 25.3 Å². The largest absolute Gasteiger partial charge is 0.354 e. The SMILES string of the molecule is Cc1cnc(N(CC2CC2)CC2CCCN2)c(Br)c1. The van der Waals surface area contributed by atoms with Crippen molar-refractivity contribution in [2.45, 2.75) is 38.6 Å². The lowest BCUT2D eigenvalue weighted by Gasteiger charge is -2.28. The minimum Gasteiger partial charge on any atom is -0.354 e. The number of pyridine rings is 1. The van der Waals surface area contributed by atoms with E-state index in [1.54, 1.807) is 0 Å². The van der Waals surface area contributed by atoms with Crippen LogP contribution in [-0.4, -0.2) is 30.7 Å². The zero-order valence-corrected chi connectivity index (χ0v) is 13.1. The second kappa shape index (κ2) is 5.80. The van der Waals surface area contributed by atoms with Gasteiger partial charge in [0.05, 0.1) is 4.47 Å². The Morgan fingerprint density at radius 3 is 2.84 bits per heavy atom. The van der Waals surface area contributed by atoms with Crippen LogP contribution in [0.5, 0.6) is 0 Å². The molecule has 19 heavy (non-hydrogen) atoms. The molecule has 3 rings (SSSR count). The van der Waals surface area contributed by atoms with Crippen LogP contribution in [-0.2, 0) is 0 Å². The Labute approximate surface area is 123 Å². The molecule has 1 atom stereocenters. The quantitative estimate of drug-likeness (QED) is 0.902. The Bertz CT molecular complexity index is 439. The van der Waals surface area contributed by atoms with Crippen molar-refractivity contribution in [1.29, 1.82) is 0 Å². The van der Waals surface area contributed by atoms with Gasteiger partial charge >= 0.3 is 0 Å². The number of nitrogens with one attached hydrogen (secondary N) is 1. The summed E-state index contributed by atoms with van der Waals surface area (Å²) in [7, 11) is 0. The molecule has 2 aliphatic rings. The van der Waals surface area contributed by atoms with E-state index < -0.39 is 0 Å². The maximum atomic E-state index is 4.65. The molecule has 1 saturated carbocycles. The molecule has 0 aromatic carbocycles. The molecule has 2 fully saturated rings. The van der Waals surface area contributed by atoms with Crippen LogP contribution in [0.2, 0.25) is 0 Å². The first kappa shape index (κ1) is 13.4. The van der Waals surface area contributed by atoms with Gasteiger partial charge in [-0.15, -0.1) is 0 Å². The van der Waals surface area contributed by atoms with Crippen molar-refractivity contribution in [2.24, 2.45) is 5.92 Å². The van der Waals surface area contributed by atoms with Gasteiger partial charge in [0.25, 0.3) is 0 Å². The number of hydrogen-bond acceptors (Lipinski definition) is 3. The fourth-order valence-electron chi connectivity index (χ4n) is 2.80. The molecular formula is C15H22BrN3. The summed E-state index contributed by atoms with van der Waals surface area (Å²) in [4.78, 5) is 7.13. The van der Waals surface area contributed by atoms with Crippen LogP contribution in [0.4, 0.5) is 5.82 Å². The minimum absolute atomic E-state index is 0.633. The van der Waals surface area contributed by atoms with E-state index >= 15 is 0 Å². The Balaban J connectivity index is 1.75. The van der Waals surface area contributed by atoms with Gasteiger partial charge in [0.2, 0.25) is 0 Å². The van der Waals surface area contributed by atoms with E-state index in [0.29, 0.717) is 6.04 Å². The zero-order valence-electron chi connectivity index (χ0n) is 11.5. The number of aryl methyl sites for hydroxylation is 1. The predicted octanol–water partition coefficient (Wildman–Crippen LogP) is 3.12. The van der Waals surface area contributed by atoms with Crippen molar-refractivity contribution in [1.82, 2.24) is 10.3 Å². The fourth-order valence-corrected chi connectivity index (χ4v) is 3.51. The number of hydrogen-bond donors (Lipinski definition) is 1. The highest BCUT2D eigenvalue weighted by Gasteiger charge is 2.28. The van der Waals surface area contributed by atoms with Gasteiger partial charge in [-0.2, -0.15) is 0 Å². The summed E-state index contributed by atoms with van der Waals surface area (Å²) >= 11 is 3.68. The molecule has 0 spiro atoms. The first-order valence-corrected chi connectivity index (χ1v) is 8.12. The third kappa shape index (κ3) is 3.48. The molecule has 1 aliphatic heterocycles. The van der Waals surface area contributed by atoms with Gasteiger partial charge in [-0.3, -0.25) is 0 Å². The third-order valence-electron chi connectivity index (χ3n) is 4.04. The number of anilines is 1. The molecule has 4 heteroatoms. The molecule has 1 aliphatic carbocycles. The average molecular weight is 324 g/mol. The third-order valence-corrected chi connectivity index (χ3v) is 4.62. The first-order valence-electron chi connectivity index (χ1n) is 7.33. The lowest BCUT2D eigenvalue weighted by molar-refractivity contribution is 0.566. The van der Waals surface area contributed by atoms with Crippen LogP contribution in [0, 0.1) is 12.8 Å². The second-order valence-corrected chi connectivity index (χ2v) is 6.81. The Morgan fingerprint density at radius 2 is 2.21 bits per heavy atom. The van der Waals surface area contributed by atoms with E-state index in [0.717, 1.165) is 29.3 Å². The van der Waals surface area contributed by atoms with Crippen molar-refractivity contribution in [2.75, 3.05) is 24.5 Å². The Hall–Kier alpha value is -0.610. The average Bonchev–Trinajstić information content (AvgIpc) is 3.03. The van der Waals surface area contributed by atoms with E-state index in [-0.39, 0.29) is 0 Å². The summed E-state index contributed by atoms with van der Waals surface area (Å²) in [5, 5.41) is 3.60. The minimum atomic E-state index is 0.633. The molecular weight excluding hydrogens is 302 g/mol. The van der Waals surface area contributed by atoms with Gasteiger partial charge in [-0.05, 0) is 72.6 Å². The summed E-state index contributed by atoms with van der Waals surface area (Å²) in [6.45, 7) is 5.51. The number of aromatic nitrogens is 1. The first-order chi connectivity index (χ1) is 9.22. The number of nitrogens with zero attached hydrogens (tertiary/aromatic N) is 2. The molecule has 1 saturated heterocycles. The van der Waals surface area contributed by atoms with E-state index in [9.17, 15) is 0 Å². The maximum absolute atomic E-state index is 4.65. The number of halogens is 1. The van der Waals surface area contributed by atoms with E-state index in [1.807, 2.05) is 6.20 Å². The van der Waals surface area contributed by atoms with Gasteiger partial charge in [-0.1, -0.05) is 0 Å². The van der Waals surface area contributed by atoms with E-state index in [1.165, 1.54) is 37.8 Å². The normalized spacial score (nSPS) is 22.7. The smallest absolute Gasteiger partial charge is 0.142 e. The summed E-state index contributed by atoms with van der Waals surface area (Å²) < 4.78 is 1.13. The topological polar surface area (TPSA) is 28.2 Å². The van der Waals surface area contributed by atoms with Crippen LogP contribution in [0.3, 0.4) is 0 Å². The van der Waals surface area contributed by atoms with Crippen molar-refractivity contribution in [3.05, 3.63) is 22.3 Å². The maximum Gasteiger partial charge on any atom is 0.142 e. The summed E-state index contributed by atoms with van der Waals surface area (Å²) in [5.74, 6) is 2.00. The molecule has 2 heterocycles. The highest BCUT2D eigenvalue weighted by atomic mass is 79.9. The van der Waals surface area contributed by atoms with Crippen molar-refractivity contribution in [3.63, 3.8) is 0 Å². The molecule has 0 radical (unpaired) electrons. The number of rotatable bonds is 5. The zero-order chi connectivity index (χ0) is 13.2. The molecule has 104 valence electrons. The van der Waals surface area contributed by atoms with Crippen LogP contribution in [0.1, 0.15) is 31.2 Å². The van der Waals surface area contributed by atoms with Crippen molar-refractivity contribution < 1.29 is 0 Å². The molecule has 3 nitrogen and oxygen atoms in total. The fraction of sp³-hybridized carbons (Fsp3) is 0.667. The lowest BCUT2D eigenvalue weighted by atomic mass is 10.2. The molecule has 0 bridgehead atoms. The summed E-state index contributed by atoms with van der Waals surface area (Å²) in [6, 6.07) is 2.80. The Morgan fingerprint density at radius 1 is 1.37 bits per heavy atom. The van der Waals surface area contributed by atoms with Crippen LogP contribution in [0.25, 0.3) is 0 Å². The summed E-state index contributed by atoms with van der Waals surface area (Å²) in [5.41, 5.74) is 1.21. The highest BCUT2D eigenvalue weighted by molar-refractivity contribution is 9.10. The Kier molecular flexibility index (Phi) is 4.08.